The number of nitrogens with zero attached hydrogens (tertiary/aromatic N) is 4. The van der Waals surface area contributed by atoms with Crippen LogP contribution in [0.3, 0.4) is 0 Å². The molecule has 1 aromatic heterocycles. The highest BCUT2D eigenvalue weighted by Crippen LogP contribution is 2.27. The fraction of sp³-hybridized carbons (Fsp3) is 0.567. The molecule has 0 radical (unpaired) electrons. The first kappa shape index (κ1) is 29.7. The first-order valence-electron chi connectivity index (χ1n) is 14.0. The van der Waals surface area contributed by atoms with Crippen LogP contribution in [0.25, 0.3) is 17.0 Å². The molecule has 218 valence electrons. The Balaban J connectivity index is 1.59. The Bertz CT molecular complexity index is 1270. The fourth-order valence-electron chi connectivity index (χ4n) is 5.28. The quantitative estimate of drug-likeness (QED) is 0.448. The van der Waals surface area contributed by atoms with Crippen LogP contribution in [0.2, 0.25) is 0 Å². The zero-order valence-electron chi connectivity index (χ0n) is 24.0. The van der Waals surface area contributed by atoms with Crippen LogP contribution >= 0.6 is 0 Å². The Kier molecular flexibility index (Phi) is 9.63. The Labute approximate surface area is 235 Å². The van der Waals surface area contributed by atoms with Crippen molar-refractivity contribution < 1.29 is 28.6 Å². The van der Waals surface area contributed by atoms with E-state index in [1.54, 1.807) is 22.7 Å². The number of aryl methyl sites for hydroxylation is 1. The lowest BCUT2D eigenvalue weighted by Crippen LogP contribution is -2.48. The second-order valence-electron chi connectivity index (χ2n) is 11.3. The van der Waals surface area contributed by atoms with Crippen LogP contribution in [0.1, 0.15) is 45.6 Å². The van der Waals surface area contributed by atoms with Gasteiger partial charge in [-0.3, -0.25) is 9.48 Å². The summed E-state index contributed by atoms with van der Waals surface area (Å²) in [4.78, 5) is 29.6. The van der Waals surface area contributed by atoms with Crippen molar-refractivity contribution in [2.75, 3.05) is 33.2 Å². The number of likely N-dealkylation sites (N-methyl/N-ethyl adjacent to an activating group) is 1. The number of aromatic nitrogens is 2. The number of hydrogen-bond donors (Lipinski definition) is 1. The van der Waals surface area contributed by atoms with Crippen LogP contribution in [-0.2, 0) is 21.3 Å². The number of carbonyl (C=O) groups is 2. The van der Waals surface area contributed by atoms with Crippen LogP contribution in [0, 0.1) is 17.7 Å². The number of fused-ring (bicyclic) bond motifs is 1. The molecule has 0 spiro atoms. The minimum Gasteiger partial charge on any atom is -0.457 e. The lowest BCUT2D eigenvalue weighted by atomic mass is 9.91. The number of cyclic esters (lactones) is 1. The molecule has 2 aliphatic heterocycles. The van der Waals surface area contributed by atoms with Gasteiger partial charge in [0.1, 0.15) is 18.0 Å². The third-order valence-electron chi connectivity index (χ3n) is 7.94. The van der Waals surface area contributed by atoms with Gasteiger partial charge in [-0.2, -0.15) is 5.10 Å². The molecule has 9 nitrogen and oxygen atoms in total. The van der Waals surface area contributed by atoms with E-state index in [1.807, 2.05) is 46.0 Å². The zero-order chi connectivity index (χ0) is 29.0. The number of amides is 1. The van der Waals surface area contributed by atoms with Crippen LogP contribution < -0.4 is 0 Å². The standard InChI is InChI=1S/C30H41FN4O5/c1-19-6-8-23(36)17-28(37)40-29(21(3)14-22-15-25(31)24-18-32-34(5)26(24)16-22)20(2)7-9-27(19)39-30(38)35-12-10-33(4)11-13-35/h7,9,14-16,18-20,23,27,29,36H,6,8,10-13,17H2,1-5H3/b9-7+,21-14+/t19-,20-,23+,27-,29-/m0/s1. The lowest BCUT2D eigenvalue weighted by molar-refractivity contribution is -0.151. The number of carbonyl (C=O) groups excluding carboxylic acids is 2. The first-order chi connectivity index (χ1) is 19.0. The van der Waals surface area contributed by atoms with Gasteiger partial charge >= 0.3 is 12.1 Å². The highest BCUT2D eigenvalue weighted by atomic mass is 19.1. The first-order valence-corrected chi connectivity index (χ1v) is 14.0. The van der Waals surface area contributed by atoms with Gasteiger partial charge in [-0.15, -0.1) is 0 Å². The summed E-state index contributed by atoms with van der Waals surface area (Å²) in [6.45, 7) is 8.56. The summed E-state index contributed by atoms with van der Waals surface area (Å²) in [5, 5.41) is 15.1. The summed E-state index contributed by atoms with van der Waals surface area (Å²) in [5.41, 5.74) is 2.00. The second-order valence-corrected chi connectivity index (χ2v) is 11.3. The average Bonchev–Trinajstić information content (AvgIpc) is 3.28. The molecule has 4 rings (SSSR count). The summed E-state index contributed by atoms with van der Waals surface area (Å²) < 4.78 is 28.2. The maximum absolute atomic E-state index is 14.7. The number of halogens is 1. The minimum absolute atomic E-state index is 0.0614. The summed E-state index contributed by atoms with van der Waals surface area (Å²) in [7, 11) is 3.78. The predicted octanol–water partition coefficient (Wildman–Crippen LogP) is 4.15. The third-order valence-corrected chi connectivity index (χ3v) is 7.94. The van der Waals surface area contributed by atoms with Crippen molar-refractivity contribution in [3.8, 4) is 0 Å². The second kappa shape index (κ2) is 13.0. The van der Waals surface area contributed by atoms with Gasteiger partial charge in [0.05, 0.1) is 29.6 Å². The van der Waals surface area contributed by atoms with Crippen molar-refractivity contribution >= 4 is 29.0 Å². The highest BCUT2D eigenvalue weighted by Gasteiger charge is 2.29. The molecule has 1 N–H and O–H groups in total. The molecule has 2 aromatic rings. The van der Waals surface area contributed by atoms with Crippen LogP contribution in [0.5, 0.6) is 0 Å². The fourth-order valence-corrected chi connectivity index (χ4v) is 5.28. The van der Waals surface area contributed by atoms with Crippen molar-refractivity contribution in [1.29, 1.82) is 0 Å². The molecule has 0 unspecified atom stereocenters. The lowest BCUT2D eigenvalue weighted by Gasteiger charge is -2.33. The van der Waals surface area contributed by atoms with Gasteiger partial charge in [0, 0.05) is 39.1 Å². The molecule has 2 aliphatic rings. The molecule has 40 heavy (non-hydrogen) atoms. The molecular weight excluding hydrogens is 515 g/mol. The molecule has 1 saturated heterocycles. The van der Waals surface area contributed by atoms with Gasteiger partial charge in [-0.1, -0.05) is 26.0 Å². The highest BCUT2D eigenvalue weighted by molar-refractivity contribution is 5.82. The predicted molar refractivity (Wildman–Crippen MR) is 151 cm³/mol. The number of aliphatic hydroxyl groups excluding tert-OH is 1. The zero-order valence-corrected chi connectivity index (χ0v) is 24.0. The summed E-state index contributed by atoms with van der Waals surface area (Å²) in [6, 6.07) is 3.27. The molecule has 0 saturated carbocycles. The van der Waals surface area contributed by atoms with Crippen LogP contribution in [0.4, 0.5) is 9.18 Å². The number of benzene rings is 1. The van der Waals surface area contributed by atoms with E-state index in [1.165, 1.54) is 12.3 Å². The van der Waals surface area contributed by atoms with Crippen molar-refractivity contribution in [2.45, 2.75) is 58.3 Å². The number of hydrogen-bond acceptors (Lipinski definition) is 7. The van der Waals surface area contributed by atoms with Gasteiger partial charge in [0.15, 0.2) is 0 Å². The van der Waals surface area contributed by atoms with Crippen molar-refractivity contribution in [3.05, 3.63) is 47.4 Å². The Morgan fingerprint density at radius 1 is 1.15 bits per heavy atom. The molecular formula is C30H41FN4O5. The number of esters is 1. The van der Waals surface area contributed by atoms with E-state index < -0.39 is 24.3 Å². The topological polar surface area (TPSA) is 97.1 Å². The number of rotatable bonds is 3. The van der Waals surface area contributed by atoms with Crippen molar-refractivity contribution in [1.82, 2.24) is 19.6 Å². The van der Waals surface area contributed by atoms with Gasteiger partial charge in [-0.25, -0.2) is 9.18 Å². The maximum atomic E-state index is 14.7. The maximum Gasteiger partial charge on any atom is 0.410 e. The van der Waals surface area contributed by atoms with Gasteiger partial charge < -0.3 is 24.4 Å². The number of aliphatic hydroxyl groups is 1. The number of ether oxygens (including phenoxy) is 2. The normalized spacial score (nSPS) is 28.5. The monoisotopic (exact) mass is 556 g/mol. The van der Waals surface area contributed by atoms with Crippen LogP contribution in [-0.4, -0.2) is 88.3 Å². The average molecular weight is 557 g/mol. The Morgan fingerprint density at radius 2 is 1.88 bits per heavy atom. The van der Waals surface area contributed by atoms with Gasteiger partial charge in [-0.05, 0) is 62.1 Å². The molecule has 3 heterocycles. The van der Waals surface area contributed by atoms with Gasteiger partial charge in [0.2, 0.25) is 0 Å². The Morgan fingerprint density at radius 3 is 2.60 bits per heavy atom. The third kappa shape index (κ3) is 7.28. The van der Waals surface area contributed by atoms with E-state index in [-0.39, 0.29) is 30.2 Å². The SMILES string of the molecule is C/C(=C\c1cc(F)c2cnn(C)c2c1)[C@H]1OC(=O)C[C@H](O)CC[C@H](C)[C@@H](OC(=O)N2CCN(C)CC2)/C=C/[C@@H]1C. The molecule has 0 bridgehead atoms. The summed E-state index contributed by atoms with van der Waals surface area (Å²) >= 11 is 0. The van der Waals surface area contributed by atoms with E-state index in [0.717, 1.165) is 18.7 Å². The molecule has 1 fully saturated rings. The number of piperazine rings is 1. The molecule has 1 amide bonds. The minimum atomic E-state index is -0.867. The van der Waals surface area contributed by atoms with Crippen LogP contribution in [0.15, 0.2) is 36.1 Å². The largest absolute Gasteiger partial charge is 0.457 e. The van der Waals surface area contributed by atoms with Gasteiger partial charge in [0.25, 0.3) is 0 Å². The molecule has 10 heteroatoms. The molecule has 1 aromatic carbocycles. The van der Waals surface area contributed by atoms with E-state index in [4.69, 9.17) is 9.47 Å². The van der Waals surface area contributed by atoms with E-state index >= 15 is 0 Å². The smallest absolute Gasteiger partial charge is 0.410 e. The molecule has 0 aliphatic carbocycles. The van der Waals surface area contributed by atoms with E-state index in [0.29, 0.717) is 42.4 Å². The van der Waals surface area contributed by atoms with E-state index in [9.17, 15) is 19.1 Å². The summed E-state index contributed by atoms with van der Waals surface area (Å²) in [6.07, 6.45) is 5.53. The van der Waals surface area contributed by atoms with Crippen molar-refractivity contribution in [3.63, 3.8) is 0 Å². The molecule has 5 atom stereocenters. The van der Waals surface area contributed by atoms with E-state index in [2.05, 4.69) is 10.00 Å². The van der Waals surface area contributed by atoms with Crippen molar-refractivity contribution in [2.24, 2.45) is 18.9 Å². The summed E-state index contributed by atoms with van der Waals surface area (Å²) in [5.74, 6) is -1.21. The Hall–Kier alpha value is -3.24.